The van der Waals surface area contributed by atoms with Gasteiger partial charge in [0.25, 0.3) is 5.91 Å². The van der Waals surface area contributed by atoms with E-state index in [1.165, 1.54) is 11.8 Å². The number of amides is 1. The minimum Gasteiger partial charge on any atom is -0.486 e. The zero-order chi connectivity index (χ0) is 15.8. The van der Waals surface area contributed by atoms with Gasteiger partial charge in [-0.1, -0.05) is 5.92 Å². The first kappa shape index (κ1) is 16.0. The first-order chi connectivity index (χ1) is 10.7. The second kappa shape index (κ2) is 8.20. The number of hydrogen-bond donors (Lipinski definition) is 1. The number of carbonyl (C=O) groups is 2. The maximum absolute atomic E-state index is 11.6. The SMILES string of the molecule is C#CCNC(=O)COC(=O)CSc1ccc2c(c1)OCCO2. The van der Waals surface area contributed by atoms with Crippen molar-refractivity contribution in [3.8, 4) is 23.8 Å². The number of esters is 1. The van der Waals surface area contributed by atoms with Crippen LogP contribution in [-0.2, 0) is 14.3 Å². The Labute approximate surface area is 132 Å². The van der Waals surface area contributed by atoms with E-state index in [-0.39, 0.29) is 18.9 Å². The van der Waals surface area contributed by atoms with Gasteiger partial charge in [0.05, 0.1) is 12.3 Å². The highest BCUT2D eigenvalue weighted by atomic mass is 32.2. The fourth-order valence-electron chi connectivity index (χ4n) is 1.64. The molecule has 0 saturated heterocycles. The normalized spacial score (nSPS) is 12.1. The maximum atomic E-state index is 11.6. The molecule has 1 aromatic carbocycles. The van der Waals surface area contributed by atoms with Crippen LogP contribution in [0.4, 0.5) is 0 Å². The molecule has 0 aliphatic carbocycles. The lowest BCUT2D eigenvalue weighted by Gasteiger charge is -2.18. The second-order valence-electron chi connectivity index (χ2n) is 4.24. The van der Waals surface area contributed by atoms with Gasteiger partial charge < -0.3 is 19.5 Å². The van der Waals surface area contributed by atoms with E-state index < -0.39 is 11.9 Å². The van der Waals surface area contributed by atoms with Crippen LogP contribution in [0.1, 0.15) is 0 Å². The fraction of sp³-hybridized carbons (Fsp3) is 0.333. The zero-order valence-electron chi connectivity index (χ0n) is 11.8. The molecule has 22 heavy (non-hydrogen) atoms. The lowest BCUT2D eigenvalue weighted by Crippen LogP contribution is -2.29. The molecule has 0 unspecified atom stereocenters. The number of nitrogens with one attached hydrogen (secondary N) is 1. The van der Waals surface area contributed by atoms with Gasteiger partial charge in [0.15, 0.2) is 18.1 Å². The number of benzene rings is 1. The smallest absolute Gasteiger partial charge is 0.316 e. The molecule has 1 amide bonds. The highest BCUT2D eigenvalue weighted by Crippen LogP contribution is 2.34. The number of hydrogen-bond acceptors (Lipinski definition) is 6. The second-order valence-corrected chi connectivity index (χ2v) is 5.28. The van der Waals surface area contributed by atoms with Crippen molar-refractivity contribution in [1.82, 2.24) is 5.32 Å². The molecule has 0 spiro atoms. The lowest BCUT2D eigenvalue weighted by molar-refractivity contribution is -0.145. The van der Waals surface area contributed by atoms with E-state index in [1.54, 1.807) is 6.07 Å². The number of terminal acetylenes is 1. The summed E-state index contributed by atoms with van der Waals surface area (Å²) in [5.41, 5.74) is 0. The average molecular weight is 321 g/mol. The van der Waals surface area contributed by atoms with Crippen LogP contribution in [0.5, 0.6) is 11.5 Å². The van der Waals surface area contributed by atoms with Crippen molar-refractivity contribution in [2.24, 2.45) is 0 Å². The molecule has 1 aliphatic heterocycles. The van der Waals surface area contributed by atoms with E-state index in [9.17, 15) is 9.59 Å². The lowest BCUT2D eigenvalue weighted by atomic mass is 10.3. The Balaban J connectivity index is 1.74. The molecule has 1 aliphatic rings. The summed E-state index contributed by atoms with van der Waals surface area (Å²) in [6, 6.07) is 5.45. The van der Waals surface area contributed by atoms with Gasteiger partial charge in [-0.25, -0.2) is 0 Å². The van der Waals surface area contributed by atoms with Crippen LogP contribution < -0.4 is 14.8 Å². The Morgan fingerprint density at radius 3 is 2.86 bits per heavy atom. The third kappa shape index (κ3) is 4.90. The van der Waals surface area contributed by atoms with Crippen LogP contribution in [0, 0.1) is 12.3 Å². The van der Waals surface area contributed by atoms with Crippen LogP contribution in [-0.4, -0.2) is 44.0 Å². The third-order valence-corrected chi connectivity index (χ3v) is 3.59. The van der Waals surface area contributed by atoms with Crippen LogP contribution in [0.3, 0.4) is 0 Å². The summed E-state index contributed by atoms with van der Waals surface area (Å²) in [4.78, 5) is 23.6. The number of rotatable bonds is 6. The molecular weight excluding hydrogens is 306 g/mol. The highest BCUT2D eigenvalue weighted by Gasteiger charge is 2.13. The molecule has 1 heterocycles. The van der Waals surface area contributed by atoms with E-state index >= 15 is 0 Å². The average Bonchev–Trinajstić information content (AvgIpc) is 2.56. The summed E-state index contributed by atoms with van der Waals surface area (Å²) >= 11 is 1.30. The molecule has 0 saturated carbocycles. The van der Waals surface area contributed by atoms with Crippen LogP contribution in [0.15, 0.2) is 23.1 Å². The van der Waals surface area contributed by atoms with Crippen molar-refractivity contribution < 1.29 is 23.8 Å². The minimum absolute atomic E-state index is 0.0993. The summed E-state index contributed by atoms with van der Waals surface area (Å²) in [5.74, 6) is 2.82. The first-order valence-electron chi connectivity index (χ1n) is 6.57. The summed E-state index contributed by atoms with van der Waals surface area (Å²) < 4.78 is 15.7. The van der Waals surface area contributed by atoms with E-state index in [4.69, 9.17) is 20.6 Å². The molecule has 1 aromatic rings. The quantitative estimate of drug-likeness (QED) is 0.475. The molecule has 6 nitrogen and oxygen atoms in total. The molecule has 1 N–H and O–H groups in total. The van der Waals surface area contributed by atoms with Gasteiger partial charge in [-0.05, 0) is 18.2 Å². The molecular formula is C15H15NO5S. The summed E-state index contributed by atoms with van der Waals surface area (Å²) in [5, 5.41) is 2.41. The van der Waals surface area contributed by atoms with Crippen molar-refractivity contribution in [3.05, 3.63) is 18.2 Å². The van der Waals surface area contributed by atoms with Crippen molar-refractivity contribution in [2.75, 3.05) is 32.1 Å². The van der Waals surface area contributed by atoms with Gasteiger partial charge in [-0.2, -0.15) is 0 Å². The molecule has 0 bridgehead atoms. The van der Waals surface area contributed by atoms with Gasteiger partial charge in [-0.15, -0.1) is 18.2 Å². The van der Waals surface area contributed by atoms with Crippen molar-refractivity contribution in [3.63, 3.8) is 0 Å². The summed E-state index contributed by atoms with van der Waals surface area (Å²) in [6.07, 6.45) is 5.00. The zero-order valence-corrected chi connectivity index (χ0v) is 12.6. The van der Waals surface area contributed by atoms with Crippen LogP contribution >= 0.6 is 11.8 Å². The monoisotopic (exact) mass is 321 g/mol. The Hall–Kier alpha value is -2.33. The highest BCUT2D eigenvalue weighted by molar-refractivity contribution is 8.00. The Morgan fingerprint density at radius 1 is 1.32 bits per heavy atom. The molecule has 0 fully saturated rings. The molecule has 0 atom stereocenters. The standard InChI is InChI=1S/C15H15NO5S/c1-2-5-16-14(17)9-21-15(18)10-22-11-3-4-12-13(8-11)20-7-6-19-12/h1,3-4,8H,5-7,9-10H2,(H,16,17). The van der Waals surface area contributed by atoms with Gasteiger partial charge in [-0.3, -0.25) is 9.59 Å². The predicted molar refractivity (Wildman–Crippen MR) is 81.0 cm³/mol. The van der Waals surface area contributed by atoms with E-state index in [0.717, 1.165) is 4.90 Å². The van der Waals surface area contributed by atoms with Crippen molar-refractivity contribution in [1.29, 1.82) is 0 Å². The molecule has 0 radical (unpaired) electrons. The Morgan fingerprint density at radius 2 is 2.09 bits per heavy atom. The van der Waals surface area contributed by atoms with Crippen molar-refractivity contribution >= 4 is 23.6 Å². The van der Waals surface area contributed by atoms with E-state index in [2.05, 4.69) is 11.2 Å². The molecule has 7 heteroatoms. The summed E-state index contributed by atoms with van der Waals surface area (Å²) in [6.45, 7) is 0.827. The van der Waals surface area contributed by atoms with Crippen molar-refractivity contribution in [2.45, 2.75) is 4.90 Å². The van der Waals surface area contributed by atoms with Gasteiger partial charge in [0.1, 0.15) is 13.2 Å². The fourth-order valence-corrected chi connectivity index (χ4v) is 2.37. The summed E-state index contributed by atoms with van der Waals surface area (Å²) in [7, 11) is 0. The number of carbonyl (C=O) groups excluding carboxylic acids is 2. The van der Waals surface area contributed by atoms with E-state index in [0.29, 0.717) is 24.7 Å². The largest absolute Gasteiger partial charge is 0.486 e. The molecule has 116 valence electrons. The van der Waals surface area contributed by atoms with E-state index in [1.807, 2.05) is 12.1 Å². The van der Waals surface area contributed by atoms with Crippen LogP contribution in [0.25, 0.3) is 0 Å². The van der Waals surface area contributed by atoms with Crippen LogP contribution in [0.2, 0.25) is 0 Å². The first-order valence-corrected chi connectivity index (χ1v) is 7.56. The predicted octanol–water partition coefficient (Wildman–Crippen LogP) is 0.842. The number of fused-ring (bicyclic) bond motifs is 1. The number of thioether (sulfide) groups is 1. The molecule has 2 rings (SSSR count). The Kier molecular flexibility index (Phi) is 5.98. The minimum atomic E-state index is -0.476. The molecule has 0 aromatic heterocycles. The number of ether oxygens (including phenoxy) is 3. The topological polar surface area (TPSA) is 73.9 Å². The van der Waals surface area contributed by atoms with Gasteiger partial charge in [0, 0.05) is 4.90 Å². The maximum Gasteiger partial charge on any atom is 0.316 e. The third-order valence-electron chi connectivity index (χ3n) is 2.62. The van der Waals surface area contributed by atoms with Gasteiger partial charge in [0.2, 0.25) is 0 Å². The Bertz CT molecular complexity index is 596. The van der Waals surface area contributed by atoms with Gasteiger partial charge >= 0.3 is 5.97 Å².